The molecule has 5 heteroatoms. The van der Waals surface area contributed by atoms with E-state index in [9.17, 15) is 0 Å². The Bertz CT molecular complexity index is 581. The highest BCUT2D eigenvalue weighted by Crippen LogP contribution is 2.30. The number of benzene rings is 1. The van der Waals surface area contributed by atoms with Crippen molar-refractivity contribution in [3.8, 4) is 0 Å². The van der Waals surface area contributed by atoms with E-state index < -0.39 is 0 Å². The molecule has 5 nitrogen and oxygen atoms in total. The molecule has 1 heterocycles. The van der Waals surface area contributed by atoms with E-state index in [-0.39, 0.29) is 0 Å². The molecule has 2 saturated carbocycles. The summed E-state index contributed by atoms with van der Waals surface area (Å²) >= 11 is 0. The molecular weight excluding hydrogens is 310 g/mol. The summed E-state index contributed by atoms with van der Waals surface area (Å²) < 4.78 is 0. The van der Waals surface area contributed by atoms with E-state index in [2.05, 4.69) is 49.7 Å². The van der Waals surface area contributed by atoms with Crippen LogP contribution >= 0.6 is 0 Å². The maximum absolute atomic E-state index is 4.29. The normalized spacial score (nSPS) is 22.1. The molecule has 0 aromatic heterocycles. The van der Waals surface area contributed by atoms with Crippen molar-refractivity contribution in [1.29, 1.82) is 0 Å². The zero-order valence-electron chi connectivity index (χ0n) is 15.4. The molecule has 1 aliphatic heterocycles. The summed E-state index contributed by atoms with van der Waals surface area (Å²) in [6.07, 6.45) is 5.44. The molecule has 1 aromatic rings. The van der Waals surface area contributed by atoms with Crippen LogP contribution < -0.4 is 15.5 Å². The number of aliphatic imine (C=N–C) groups is 1. The van der Waals surface area contributed by atoms with Gasteiger partial charge < -0.3 is 15.5 Å². The van der Waals surface area contributed by atoms with Gasteiger partial charge in [-0.15, -0.1) is 0 Å². The first kappa shape index (κ1) is 16.7. The van der Waals surface area contributed by atoms with Crippen molar-refractivity contribution >= 4 is 11.6 Å². The fraction of sp³-hybridized carbons (Fsp3) is 0.650. The van der Waals surface area contributed by atoms with E-state index in [0.717, 1.165) is 31.5 Å². The van der Waals surface area contributed by atoms with Crippen molar-refractivity contribution in [2.75, 3.05) is 44.7 Å². The second-order valence-electron chi connectivity index (χ2n) is 7.74. The van der Waals surface area contributed by atoms with Crippen LogP contribution in [0.2, 0.25) is 0 Å². The van der Waals surface area contributed by atoms with E-state index in [1.54, 1.807) is 0 Å². The number of nitrogens with zero attached hydrogens (tertiary/aromatic N) is 3. The molecule has 3 aliphatic rings. The Kier molecular flexibility index (Phi) is 5.11. The molecule has 2 aliphatic carbocycles. The van der Waals surface area contributed by atoms with Gasteiger partial charge in [-0.25, -0.2) is 0 Å². The summed E-state index contributed by atoms with van der Waals surface area (Å²) in [6.45, 7) is 6.88. The average molecular weight is 342 g/mol. The van der Waals surface area contributed by atoms with Crippen LogP contribution in [-0.4, -0.2) is 56.7 Å². The number of piperazine rings is 1. The summed E-state index contributed by atoms with van der Waals surface area (Å²) in [7, 11) is 1.84. The molecule has 136 valence electrons. The number of anilines is 1. The molecule has 3 fully saturated rings. The van der Waals surface area contributed by atoms with E-state index in [4.69, 9.17) is 0 Å². The molecule has 2 N–H and O–H groups in total. The van der Waals surface area contributed by atoms with Gasteiger partial charge in [0.2, 0.25) is 0 Å². The van der Waals surface area contributed by atoms with E-state index in [0.29, 0.717) is 6.04 Å². The molecule has 0 radical (unpaired) electrons. The monoisotopic (exact) mass is 341 g/mol. The van der Waals surface area contributed by atoms with Crippen LogP contribution in [0.5, 0.6) is 0 Å². The summed E-state index contributed by atoms with van der Waals surface area (Å²) in [6, 6.07) is 9.65. The lowest BCUT2D eigenvalue weighted by Gasteiger charge is -2.36. The SMILES string of the molecule is CN=C(NCc1ccc(N2CCN(CC3CC3)CC2)cc1)NC1CC1. The highest BCUT2D eigenvalue weighted by Gasteiger charge is 2.26. The van der Waals surface area contributed by atoms with Gasteiger partial charge in [0, 0.05) is 58.0 Å². The molecule has 1 saturated heterocycles. The van der Waals surface area contributed by atoms with Gasteiger partial charge in [-0.2, -0.15) is 0 Å². The smallest absolute Gasteiger partial charge is 0.191 e. The third-order valence-electron chi connectivity index (χ3n) is 5.49. The Balaban J connectivity index is 1.23. The number of hydrogen-bond donors (Lipinski definition) is 2. The van der Waals surface area contributed by atoms with Crippen molar-refractivity contribution in [3.05, 3.63) is 29.8 Å². The Morgan fingerprint density at radius 1 is 1.04 bits per heavy atom. The second-order valence-corrected chi connectivity index (χ2v) is 7.74. The fourth-order valence-corrected chi connectivity index (χ4v) is 3.48. The first-order chi connectivity index (χ1) is 12.3. The Hall–Kier alpha value is -1.75. The van der Waals surface area contributed by atoms with E-state index in [1.165, 1.54) is 56.6 Å². The molecule has 0 bridgehead atoms. The van der Waals surface area contributed by atoms with Crippen LogP contribution in [0.3, 0.4) is 0 Å². The van der Waals surface area contributed by atoms with Crippen molar-refractivity contribution in [3.63, 3.8) is 0 Å². The van der Waals surface area contributed by atoms with Crippen molar-refractivity contribution < 1.29 is 0 Å². The van der Waals surface area contributed by atoms with Crippen molar-refractivity contribution in [2.45, 2.75) is 38.3 Å². The Labute approximate surface area is 151 Å². The number of nitrogens with one attached hydrogen (secondary N) is 2. The van der Waals surface area contributed by atoms with Gasteiger partial charge in [-0.1, -0.05) is 12.1 Å². The lowest BCUT2D eigenvalue weighted by molar-refractivity contribution is 0.248. The van der Waals surface area contributed by atoms with Gasteiger partial charge in [0.15, 0.2) is 5.96 Å². The third-order valence-corrected chi connectivity index (χ3v) is 5.49. The molecule has 0 spiro atoms. The van der Waals surface area contributed by atoms with Crippen LogP contribution in [0.25, 0.3) is 0 Å². The zero-order chi connectivity index (χ0) is 17.1. The first-order valence-corrected chi connectivity index (χ1v) is 9.83. The predicted molar refractivity (Wildman–Crippen MR) is 104 cm³/mol. The zero-order valence-corrected chi connectivity index (χ0v) is 15.4. The van der Waals surface area contributed by atoms with Gasteiger partial charge in [-0.3, -0.25) is 9.89 Å². The molecule has 1 aromatic carbocycles. The summed E-state index contributed by atoms with van der Waals surface area (Å²) in [5.74, 6) is 1.92. The standard InChI is InChI=1S/C20H31N5/c1-21-20(23-18-6-7-18)22-14-16-4-8-19(9-5-16)25-12-10-24(11-13-25)15-17-2-3-17/h4-5,8-9,17-18H,2-3,6-7,10-15H2,1H3,(H2,21,22,23). The topological polar surface area (TPSA) is 42.9 Å². The average Bonchev–Trinajstić information content (AvgIpc) is 3.56. The maximum atomic E-state index is 4.29. The molecule has 0 atom stereocenters. The Morgan fingerprint density at radius 2 is 1.76 bits per heavy atom. The van der Waals surface area contributed by atoms with Gasteiger partial charge in [0.25, 0.3) is 0 Å². The quantitative estimate of drug-likeness (QED) is 0.614. The highest BCUT2D eigenvalue weighted by atomic mass is 15.3. The largest absolute Gasteiger partial charge is 0.369 e. The number of hydrogen-bond acceptors (Lipinski definition) is 3. The molecule has 4 rings (SSSR count). The van der Waals surface area contributed by atoms with Crippen LogP contribution in [0.4, 0.5) is 5.69 Å². The lowest BCUT2D eigenvalue weighted by atomic mass is 10.1. The first-order valence-electron chi connectivity index (χ1n) is 9.83. The van der Waals surface area contributed by atoms with Crippen LogP contribution in [0, 0.1) is 5.92 Å². The molecule has 0 amide bonds. The second kappa shape index (κ2) is 7.65. The lowest BCUT2D eigenvalue weighted by Crippen LogP contribution is -2.47. The fourth-order valence-electron chi connectivity index (χ4n) is 3.48. The van der Waals surface area contributed by atoms with Crippen LogP contribution in [0.1, 0.15) is 31.2 Å². The number of guanidine groups is 1. The van der Waals surface area contributed by atoms with Crippen molar-refractivity contribution in [1.82, 2.24) is 15.5 Å². The highest BCUT2D eigenvalue weighted by molar-refractivity contribution is 5.80. The predicted octanol–water partition coefficient (Wildman–Crippen LogP) is 2.05. The van der Waals surface area contributed by atoms with Gasteiger partial charge in [-0.05, 0) is 49.3 Å². The van der Waals surface area contributed by atoms with Gasteiger partial charge in [0.05, 0.1) is 0 Å². The van der Waals surface area contributed by atoms with Gasteiger partial charge >= 0.3 is 0 Å². The minimum absolute atomic E-state index is 0.632. The van der Waals surface area contributed by atoms with Crippen LogP contribution in [0.15, 0.2) is 29.3 Å². The number of rotatable bonds is 6. The van der Waals surface area contributed by atoms with E-state index >= 15 is 0 Å². The molecule has 0 unspecified atom stereocenters. The summed E-state index contributed by atoms with van der Waals surface area (Å²) in [5.41, 5.74) is 2.66. The maximum Gasteiger partial charge on any atom is 0.191 e. The van der Waals surface area contributed by atoms with Crippen LogP contribution in [-0.2, 0) is 6.54 Å². The van der Waals surface area contributed by atoms with Gasteiger partial charge in [0.1, 0.15) is 0 Å². The Morgan fingerprint density at radius 3 is 2.36 bits per heavy atom. The summed E-state index contributed by atoms with van der Waals surface area (Å²) in [5, 5.41) is 6.83. The molecule has 25 heavy (non-hydrogen) atoms. The molecular formula is C20H31N5. The third kappa shape index (κ3) is 4.88. The summed E-state index contributed by atoms with van der Waals surface area (Å²) in [4.78, 5) is 9.45. The minimum atomic E-state index is 0.632. The van der Waals surface area contributed by atoms with Crippen molar-refractivity contribution in [2.24, 2.45) is 10.9 Å². The van der Waals surface area contributed by atoms with E-state index in [1.807, 2.05) is 7.05 Å². The minimum Gasteiger partial charge on any atom is -0.369 e.